The number of hydrogen-bond acceptors (Lipinski definition) is 7. The van der Waals surface area contributed by atoms with Gasteiger partial charge in [-0.3, -0.25) is 0 Å². The number of hydrogen-bond donors (Lipinski definition) is 2. The minimum atomic E-state index is 0.234. The second-order valence-electron chi connectivity index (χ2n) is 8.98. The van der Waals surface area contributed by atoms with E-state index in [4.69, 9.17) is 26.3 Å². The van der Waals surface area contributed by atoms with Gasteiger partial charge in [0.2, 0.25) is 0 Å². The summed E-state index contributed by atoms with van der Waals surface area (Å²) in [6, 6.07) is 10.8. The number of nitrogens with zero attached hydrogens (tertiary/aromatic N) is 4. The SMILES string of the molecule is COc1nc2c(c(N3CC4CCC(C3)N4)n1)CCN(c1cc(O)cc3cccc(Cl)c13)C2. The maximum atomic E-state index is 10.4. The minimum absolute atomic E-state index is 0.234. The minimum Gasteiger partial charge on any atom is -0.508 e. The van der Waals surface area contributed by atoms with Crippen molar-refractivity contribution in [2.24, 2.45) is 0 Å². The first-order valence-electron chi connectivity index (χ1n) is 11.2. The number of piperazine rings is 1. The quantitative estimate of drug-likeness (QED) is 0.631. The highest BCUT2D eigenvalue weighted by Crippen LogP contribution is 2.39. The Bertz CT molecular complexity index is 1190. The molecule has 2 saturated heterocycles. The van der Waals surface area contributed by atoms with Crippen molar-refractivity contribution >= 4 is 33.9 Å². The lowest BCUT2D eigenvalue weighted by atomic mass is 10.0. The maximum absolute atomic E-state index is 10.4. The summed E-state index contributed by atoms with van der Waals surface area (Å²) in [6.07, 6.45) is 3.28. The van der Waals surface area contributed by atoms with Gasteiger partial charge in [0.05, 0.1) is 30.1 Å². The summed E-state index contributed by atoms with van der Waals surface area (Å²) in [7, 11) is 1.62. The van der Waals surface area contributed by atoms with Crippen LogP contribution in [0.2, 0.25) is 5.02 Å². The second-order valence-corrected chi connectivity index (χ2v) is 9.38. The van der Waals surface area contributed by atoms with Crippen LogP contribution < -0.4 is 19.9 Å². The van der Waals surface area contributed by atoms with E-state index in [2.05, 4.69) is 15.1 Å². The van der Waals surface area contributed by atoms with Crippen LogP contribution in [0.15, 0.2) is 30.3 Å². The summed E-state index contributed by atoms with van der Waals surface area (Å²) in [5.74, 6) is 1.25. The van der Waals surface area contributed by atoms with E-state index in [9.17, 15) is 5.11 Å². The topological polar surface area (TPSA) is 73.8 Å². The predicted octanol–water partition coefficient (Wildman–Crippen LogP) is 3.50. The van der Waals surface area contributed by atoms with Crippen LogP contribution in [0.3, 0.4) is 0 Å². The van der Waals surface area contributed by atoms with Crippen LogP contribution in [0.1, 0.15) is 24.1 Å². The first-order chi connectivity index (χ1) is 15.6. The molecule has 4 heterocycles. The molecule has 7 nitrogen and oxygen atoms in total. The molecule has 0 aliphatic carbocycles. The molecule has 3 aliphatic heterocycles. The standard InChI is InChI=1S/C24H26ClN5O2/c1-32-24-27-20-13-29(21-10-17(31)9-14-3-2-4-19(25)22(14)21)8-7-18(20)23(28-24)30-11-15-5-6-16(12-30)26-15/h2-4,9-10,15-16,26,31H,5-8,11-13H2,1H3. The fraction of sp³-hybridized carbons (Fsp3) is 0.417. The number of rotatable bonds is 3. The monoisotopic (exact) mass is 451 g/mol. The van der Waals surface area contributed by atoms with Gasteiger partial charge in [0.1, 0.15) is 11.6 Å². The summed E-state index contributed by atoms with van der Waals surface area (Å²) >= 11 is 6.58. The van der Waals surface area contributed by atoms with Crippen molar-refractivity contribution < 1.29 is 9.84 Å². The van der Waals surface area contributed by atoms with Crippen LogP contribution in [-0.4, -0.2) is 53.9 Å². The van der Waals surface area contributed by atoms with Crippen molar-refractivity contribution in [1.82, 2.24) is 15.3 Å². The Balaban J connectivity index is 1.40. The number of anilines is 2. The van der Waals surface area contributed by atoms with E-state index < -0.39 is 0 Å². The highest BCUT2D eigenvalue weighted by Gasteiger charge is 2.35. The van der Waals surface area contributed by atoms with Gasteiger partial charge < -0.3 is 25.0 Å². The van der Waals surface area contributed by atoms with Gasteiger partial charge in [0.15, 0.2) is 0 Å². The molecule has 2 aromatic carbocycles. The Hall–Kier alpha value is -2.77. The van der Waals surface area contributed by atoms with E-state index in [1.165, 1.54) is 18.4 Å². The summed E-state index contributed by atoms with van der Waals surface area (Å²) in [6.45, 7) is 3.36. The molecule has 32 heavy (non-hydrogen) atoms. The van der Waals surface area contributed by atoms with Crippen molar-refractivity contribution in [3.05, 3.63) is 46.6 Å². The Morgan fingerprint density at radius 3 is 2.72 bits per heavy atom. The fourth-order valence-corrected chi connectivity index (χ4v) is 5.79. The van der Waals surface area contributed by atoms with E-state index >= 15 is 0 Å². The number of benzene rings is 2. The van der Waals surface area contributed by atoms with Crippen molar-refractivity contribution in [2.75, 3.05) is 36.5 Å². The summed E-state index contributed by atoms with van der Waals surface area (Å²) in [4.78, 5) is 14.2. The molecular formula is C24H26ClN5O2. The number of phenols is 1. The molecule has 1 aromatic heterocycles. The molecule has 2 fully saturated rings. The highest BCUT2D eigenvalue weighted by atomic mass is 35.5. The Morgan fingerprint density at radius 2 is 1.94 bits per heavy atom. The van der Waals surface area contributed by atoms with E-state index in [0.717, 1.165) is 54.0 Å². The summed E-state index contributed by atoms with van der Waals surface area (Å²) in [5, 5.41) is 16.6. The molecule has 0 amide bonds. The third-order valence-electron chi connectivity index (χ3n) is 6.95. The average molecular weight is 452 g/mol. The van der Waals surface area contributed by atoms with Gasteiger partial charge in [0, 0.05) is 48.7 Å². The molecule has 2 N–H and O–H groups in total. The molecule has 8 heteroatoms. The van der Waals surface area contributed by atoms with Gasteiger partial charge in [-0.15, -0.1) is 0 Å². The average Bonchev–Trinajstić information content (AvgIpc) is 3.14. The number of phenolic OH excluding ortho intramolecular Hbond substituents is 1. The number of fused-ring (bicyclic) bond motifs is 4. The van der Waals surface area contributed by atoms with Crippen LogP contribution in [0.4, 0.5) is 11.5 Å². The zero-order valence-corrected chi connectivity index (χ0v) is 18.8. The highest BCUT2D eigenvalue weighted by molar-refractivity contribution is 6.36. The lowest BCUT2D eigenvalue weighted by molar-refractivity contribution is 0.374. The Kier molecular flexibility index (Phi) is 4.77. The van der Waals surface area contributed by atoms with Crippen molar-refractivity contribution in [1.29, 1.82) is 0 Å². The second kappa shape index (κ2) is 7.67. The van der Waals surface area contributed by atoms with Crippen molar-refractivity contribution in [2.45, 2.75) is 37.9 Å². The van der Waals surface area contributed by atoms with E-state index in [1.54, 1.807) is 19.2 Å². The van der Waals surface area contributed by atoms with Gasteiger partial charge in [-0.1, -0.05) is 23.7 Å². The van der Waals surface area contributed by atoms with Crippen LogP contribution in [0.25, 0.3) is 10.8 Å². The molecule has 3 aromatic rings. The van der Waals surface area contributed by atoms with E-state index in [1.807, 2.05) is 18.2 Å². The Labute approximate surface area is 192 Å². The molecule has 0 radical (unpaired) electrons. The molecule has 2 bridgehead atoms. The normalized spacial score (nSPS) is 22.3. The van der Waals surface area contributed by atoms with Gasteiger partial charge in [-0.05, 0) is 36.8 Å². The van der Waals surface area contributed by atoms with Gasteiger partial charge >= 0.3 is 6.01 Å². The smallest absolute Gasteiger partial charge is 0.318 e. The molecular weight excluding hydrogens is 426 g/mol. The van der Waals surface area contributed by atoms with Crippen molar-refractivity contribution in [3.63, 3.8) is 0 Å². The van der Waals surface area contributed by atoms with Gasteiger partial charge in [0.25, 0.3) is 0 Å². The Morgan fingerprint density at radius 1 is 1.12 bits per heavy atom. The zero-order chi connectivity index (χ0) is 21.8. The molecule has 0 saturated carbocycles. The van der Waals surface area contributed by atoms with Crippen LogP contribution >= 0.6 is 11.6 Å². The first-order valence-corrected chi connectivity index (χ1v) is 11.6. The third-order valence-corrected chi connectivity index (χ3v) is 7.27. The number of aromatic hydroxyl groups is 1. The van der Waals surface area contributed by atoms with Gasteiger partial charge in [-0.2, -0.15) is 9.97 Å². The summed E-state index contributed by atoms with van der Waals surface area (Å²) in [5.41, 5.74) is 3.11. The van der Waals surface area contributed by atoms with Crippen molar-refractivity contribution in [3.8, 4) is 11.8 Å². The van der Waals surface area contributed by atoms with E-state index in [0.29, 0.717) is 29.7 Å². The fourth-order valence-electron chi connectivity index (χ4n) is 5.51. The van der Waals surface area contributed by atoms with Crippen LogP contribution in [0, 0.1) is 0 Å². The number of halogens is 1. The number of nitrogens with one attached hydrogen (secondary N) is 1. The van der Waals surface area contributed by atoms with Gasteiger partial charge in [-0.25, -0.2) is 0 Å². The summed E-state index contributed by atoms with van der Waals surface area (Å²) < 4.78 is 5.49. The van der Waals surface area contributed by atoms with Crippen LogP contribution in [-0.2, 0) is 13.0 Å². The predicted molar refractivity (Wildman–Crippen MR) is 126 cm³/mol. The number of aromatic nitrogens is 2. The lowest BCUT2D eigenvalue weighted by Crippen LogP contribution is -2.52. The molecule has 2 unspecified atom stereocenters. The largest absolute Gasteiger partial charge is 0.508 e. The maximum Gasteiger partial charge on any atom is 0.318 e. The first kappa shape index (κ1) is 19.9. The lowest BCUT2D eigenvalue weighted by Gasteiger charge is -2.37. The zero-order valence-electron chi connectivity index (χ0n) is 18.0. The number of methoxy groups -OCH3 is 1. The molecule has 3 aliphatic rings. The van der Waals surface area contributed by atoms with E-state index in [-0.39, 0.29) is 5.75 Å². The third kappa shape index (κ3) is 3.31. The molecule has 166 valence electrons. The van der Waals surface area contributed by atoms with Crippen LogP contribution in [0.5, 0.6) is 11.8 Å². The molecule has 0 spiro atoms. The molecule has 6 rings (SSSR count). The number of ether oxygens (including phenoxy) is 1. The molecule has 2 atom stereocenters.